The molecule has 1 unspecified atom stereocenters. The maximum absolute atomic E-state index is 13.1. The van der Waals surface area contributed by atoms with E-state index in [0.29, 0.717) is 19.0 Å². The zero-order valence-corrected chi connectivity index (χ0v) is 19.4. The smallest absolute Gasteiger partial charge is 0.343 e. The Morgan fingerprint density at radius 3 is 2.82 bits per heavy atom. The maximum Gasteiger partial charge on any atom is 0.343 e. The molecule has 1 fully saturated rings. The van der Waals surface area contributed by atoms with Gasteiger partial charge in [-0.25, -0.2) is 9.78 Å². The highest BCUT2D eigenvalue weighted by Crippen LogP contribution is 2.26. The lowest BCUT2D eigenvalue weighted by Crippen LogP contribution is -2.31. The van der Waals surface area contributed by atoms with Gasteiger partial charge >= 0.3 is 5.97 Å². The van der Waals surface area contributed by atoms with Crippen molar-refractivity contribution < 1.29 is 23.9 Å². The van der Waals surface area contributed by atoms with Crippen LogP contribution in [0.3, 0.4) is 0 Å². The first-order chi connectivity index (χ1) is 16.4. The van der Waals surface area contributed by atoms with E-state index in [1.165, 1.54) is 10.9 Å². The number of likely N-dealkylation sites (tertiary alicyclic amines) is 1. The van der Waals surface area contributed by atoms with Crippen molar-refractivity contribution in [3.05, 3.63) is 47.7 Å². The average Bonchev–Trinajstić information content (AvgIpc) is 3.41. The first kappa shape index (κ1) is 23.4. The van der Waals surface area contributed by atoms with Crippen LogP contribution in [0.2, 0.25) is 0 Å². The first-order valence-corrected chi connectivity index (χ1v) is 11.1. The number of benzene rings is 1. The van der Waals surface area contributed by atoms with Crippen molar-refractivity contribution in [3.63, 3.8) is 0 Å². The van der Waals surface area contributed by atoms with Crippen molar-refractivity contribution in [1.82, 2.24) is 19.7 Å². The Morgan fingerprint density at radius 1 is 1.26 bits per heavy atom. The second-order valence-corrected chi connectivity index (χ2v) is 8.08. The molecule has 0 aliphatic carbocycles. The molecule has 0 bridgehead atoms. The van der Waals surface area contributed by atoms with Crippen molar-refractivity contribution in [2.75, 3.05) is 38.7 Å². The summed E-state index contributed by atoms with van der Waals surface area (Å²) in [6.07, 6.45) is 1.44. The Balaban J connectivity index is 1.67. The van der Waals surface area contributed by atoms with Crippen LogP contribution in [0.25, 0.3) is 16.7 Å². The molecule has 178 valence electrons. The minimum absolute atomic E-state index is 0.0890. The van der Waals surface area contributed by atoms with Crippen LogP contribution in [-0.2, 0) is 19.1 Å². The number of para-hydroxylation sites is 1. The van der Waals surface area contributed by atoms with Crippen LogP contribution in [0.5, 0.6) is 0 Å². The number of fused-ring (bicyclic) bond motifs is 1. The number of anilines is 1. The van der Waals surface area contributed by atoms with Gasteiger partial charge in [-0.15, -0.1) is 0 Å². The molecule has 4 rings (SSSR count). The number of carbonyl (C=O) groups excluding carboxylic acids is 3. The molecule has 10 nitrogen and oxygen atoms in total. The second kappa shape index (κ2) is 10.0. The third-order valence-electron chi connectivity index (χ3n) is 5.78. The molecule has 3 heterocycles. The van der Waals surface area contributed by atoms with Gasteiger partial charge in [0.1, 0.15) is 5.56 Å². The number of hydrogen-bond donors (Lipinski definition) is 1. The summed E-state index contributed by atoms with van der Waals surface area (Å²) < 4.78 is 11.6. The van der Waals surface area contributed by atoms with Gasteiger partial charge in [-0.3, -0.25) is 9.59 Å². The topological polar surface area (TPSA) is 116 Å². The number of nitrogens with one attached hydrogen (secondary N) is 1. The Bertz CT molecular complexity index is 1240. The number of pyridine rings is 1. The summed E-state index contributed by atoms with van der Waals surface area (Å²) >= 11 is 0. The van der Waals surface area contributed by atoms with Crippen molar-refractivity contribution in [2.24, 2.45) is 5.92 Å². The standard InChI is InChI=1S/C24H27N5O5/c1-4-34-24(32)18-13-25-29(20-11-15(2)17-7-5-6-8-19(17)26-20)22(18)27-23(31)16-12-21(30)28(14-16)9-10-33-3/h5-8,11,13,16H,4,9-10,12,14H2,1-3H3,(H,27,31). The molecule has 10 heteroatoms. The maximum atomic E-state index is 13.1. The molecular weight excluding hydrogens is 438 g/mol. The van der Waals surface area contributed by atoms with E-state index in [0.717, 1.165) is 16.5 Å². The Labute approximate surface area is 196 Å². The number of amides is 2. The van der Waals surface area contributed by atoms with Gasteiger partial charge in [-0.2, -0.15) is 9.78 Å². The molecule has 2 aromatic heterocycles. The molecule has 3 aromatic rings. The average molecular weight is 466 g/mol. The fourth-order valence-corrected chi connectivity index (χ4v) is 4.02. The van der Waals surface area contributed by atoms with E-state index in [1.54, 1.807) is 18.9 Å². The van der Waals surface area contributed by atoms with Gasteiger partial charge in [0.15, 0.2) is 11.6 Å². The van der Waals surface area contributed by atoms with Crippen LogP contribution in [0.1, 0.15) is 29.3 Å². The number of aryl methyl sites for hydroxylation is 1. The van der Waals surface area contributed by atoms with E-state index >= 15 is 0 Å². The number of esters is 1. The van der Waals surface area contributed by atoms with Crippen molar-refractivity contribution in [3.8, 4) is 5.82 Å². The summed E-state index contributed by atoms with van der Waals surface area (Å²) in [7, 11) is 1.56. The number of hydrogen-bond acceptors (Lipinski definition) is 7. The van der Waals surface area contributed by atoms with Crippen LogP contribution in [0.4, 0.5) is 5.82 Å². The van der Waals surface area contributed by atoms with Crippen LogP contribution < -0.4 is 5.32 Å². The summed E-state index contributed by atoms with van der Waals surface area (Å²) in [5.74, 6) is -1.04. The predicted molar refractivity (Wildman–Crippen MR) is 125 cm³/mol. The number of rotatable bonds is 8. The van der Waals surface area contributed by atoms with Gasteiger partial charge in [0, 0.05) is 32.0 Å². The van der Waals surface area contributed by atoms with Gasteiger partial charge < -0.3 is 19.7 Å². The van der Waals surface area contributed by atoms with E-state index in [-0.39, 0.29) is 42.8 Å². The SMILES string of the molecule is CCOC(=O)c1cnn(-c2cc(C)c3ccccc3n2)c1NC(=O)C1CC(=O)N(CCOC)C1. The number of ether oxygens (including phenoxy) is 2. The summed E-state index contributed by atoms with van der Waals surface area (Å²) in [5.41, 5.74) is 1.85. The lowest BCUT2D eigenvalue weighted by atomic mass is 10.1. The molecular formula is C24H27N5O5. The van der Waals surface area contributed by atoms with E-state index in [4.69, 9.17) is 9.47 Å². The minimum atomic E-state index is -0.606. The predicted octanol–water partition coefficient (Wildman–Crippen LogP) is 2.34. The van der Waals surface area contributed by atoms with Crippen LogP contribution in [0, 0.1) is 12.8 Å². The molecule has 34 heavy (non-hydrogen) atoms. The molecule has 0 saturated carbocycles. The Kier molecular flexibility index (Phi) is 6.87. The fraction of sp³-hybridized carbons (Fsp3) is 0.375. The minimum Gasteiger partial charge on any atom is -0.462 e. The molecule has 1 aliphatic rings. The Hall–Kier alpha value is -3.79. The summed E-state index contributed by atoms with van der Waals surface area (Å²) in [5, 5.41) is 8.14. The zero-order chi connectivity index (χ0) is 24.2. The van der Waals surface area contributed by atoms with E-state index in [2.05, 4.69) is 15.4 Å². The molecule has 2 amide bonds. The Morgan fingerprint density at radius 2 is 2.06 bits per heavy atom. The zero-order valence-electron chi connectivity index (χ0n) is 19.4. The number of methoxy groups -OCH3 is 1. The molecule has 0 spiro atoms. The normalized spacial score (nSPS) is 15.7. The van der Waals surface area contributed by atoms with Crippen molar-refractivity contribution in [1.29, 1.82) is 0 Å². The summed E-state index contributed by atoms with van der Waals surface area (Å²) in [4.78, 5) is 44.3. The lowest BCUT2D eigenvalue weighted by Gasteiger charge is -2.16. The van der Waals surface area contributed by atoms with E-state index in [1.807, 2.05) is 37.3 Å². The monoisotopic (exact) mass is 465 g/mol. The van der Waals surface area contributed by atoms with E-state index in [9.17, 15) is 14.4 Å². The summed E-state index contributed by atoms with van der Waals surface area (Å²) in [6, 6.07) is 9.53. The molecule has 1 aliphatic heterocycles. The van der Waals surface area contributed by atoms with Gasteiger partial charge in [-0.1, -0.05) is 18.2 Å². The number of nitrogens with zero attached hydrogens (tertiary/aromatic N) is 4. The van der Waals surface area contributed by atoms with Gasteiger partial charge in [-0.05, 0) is 31.5 Å². The molecule has 1 saturated heterocycles. The highest BCUT2D eigenvalue weighted by molar-refractivity contribution is 6.02. The highest BCUT2D eigenvalue weighted by Gasteiger charge is 2.35. The van der Waals surface area contributed by atoms with Crippen molar-refractivity contribution in [2.45, 2.75) is 20.3 Å². The summed E-state index contributed by atoms with van der Waals surface area (Å²) in [6.45, 7) is 4.94. The first-order valence-electron chi connectivity index (χ1n) is 11.1. The molecule has 1 N–H and O–H groups in total. The van der Waals surface area contributed by atoms with Gasteiger partial charge in [0.2, 0.25) is 11.8 Å². The van der Waals surface area contributed by atoms with Crippen LogP contribution in [-0.4, -0.2) is 70.9 Å². The quantitative estimate of drug-likeness (QED) is 0.508. The molecule has 0 radical (unpaired) electrons. The highest BCUT2D eigenvalue weighted by atomic mass is 16.5. The van der Waals surface area contributed by atoms with Crippen LogP contribution >= 0.6 is 0 Å². The number of carbonyl (C=O) groups is 3. The second-order valence-electron chi connectivity index (χ2n) is 8.08. The third-order valence-corrected chi connectivity index (χ3v) is 5.78. The van der Waals surface area contributed by atoms with Crippen LogP contribution in [0.15, 0.2) is 36.5 Å². The lowest BCUT2D eigenvalue weighted by molar-refractivity contribution is -0.128. The largest absolute Gasteiger partial charge is 0.462 e. The number of aromatic nitrogens is 3. The molecule has 1 aromatic carbocycles. The van der Waals surface area contributed by atoms with Gasteiger partial charge in [0.05, 0.1) is 30.8 Å². The third kappa shape index (κ3) is 4.62. The van der Waals surface area contributed by atoms with E-state index < -0.39 is 11.9 Å². The van der Waals surface area contributed by atoms with Gasteiger partial charge in [0.25, 0.3) is 0 Å². The fourth-order valence-electron chi connectivity index (χ4n) is 4.02. The molecule has 1 atom stereocenters. The van der Waals surface area contributed by atoms with Crippen molar-refractivity contribution >= 4 is 34.5 Å².